The summed E-state index contributed by atoms with van der Waals surface area (Å²) in [5.41, 5.74) is -0.185. The largest absolute Gasteiger partial charge is 0.477 e. The maximum atomic E-state index is 13.5. The van der Waals surface area contributed by atoms with E-state index in [9.17, 15) is 9.18 Å². The van der Waals surface area contributed by atoms with Crippen LogP contribution in [0.25, 0.3) is 0 Å². The highest BCUT2D eigenvalue weighted by atomic mass is 35.5. The van der Waals surface area contributed by atoms with Gasteiger partial charge >= 0.3 is 5.97 Å². The van der Waals surface area contributed by atoms with Crippen LogP contribution in [0.5, 0.6) is 11.6 Å². The molecule has 0 aliphatic heterocycles. The summed E-state index contributed by atoms with van der Waals surface area (Å²) in [4.78, 5) is 14.4. The summed E-state index contributed by atoms with van der Waals surface area (Å²) in [6.07, 6.45) is 0. The van der Waals surface area contributed by atoms with Crippen LogP contribution in [0.3, 0.4) is 0 Å². The minimum Gasteiger partial charge on any atom is -0.477 e. The number of nitrogens with zero attached hydrogens (tertiary/aromatic N) is 1. The van der Waals surface area contributed by atoms with E-state index in [-0.39, 0.29) is 22.3 Å². The van der Waals surface area contributed by atoms with E-state index in [0.29, 0.717) is 0 Å². The molecular formula is C12H7ClFNO3. The molecule has 4 nitrogen and oxygen atoms in total. The Morgan fingerprint density at radius 3 is 2.72 bits per heavy atom. The van der Waals surface area contributed by atoms with Crippen LogP contribution in [0.4, 0.5) is 4.39 Å². The molecule has 0 aliphatic carbocycles. The van der Waals surface area contributed by atoms with Gasteiger partial charge in [0.25, 0.3) is 0 Å². The number of carbonyl (C=O) groups is 1. The summed E-state index contributed by atoms with van der Waals surface area (Å²) in [6.45, 7) is 0. The minimum absolute atomic E-state index is 0.0175. The van der Waals surface area contributed by atoms with E-state index in [0.717, 1.165) is 0 Å². The Morgan fingerprint density at radius 2 is 2.00 bits per heavy atom. The van der Waals surface area contributed by atoms with Gasteiger partial charge in [-0.25, -0.2) is 14.2 Å². The van der Waals surface area contributed by atoms with Gasteiger partial charge in [-0.3, -0.25) is 0 Å². The molecule has 1 aromatic carbocycles. The molecule has 0 spiro atoms. The third kappa shape index (κ3) is 2.57. The highest BCUT2D eigenvalue weighted by molar-refractivity contribution is 6.30. The van der Waals surface area contributed by atoms with Crippen LogP contribution in [0.15, 0.2) is 36.4 Å². The third-order valence-electron chi connectivity index (χ3n) is 2.07. The molecule has 0 unspecified atom stereocenters. The highest BCUT2D eigenvalue weighted by Crippen LogP contribution is 2.27. The Morgan fingerprint density at radius 1 is 1.28 bits per heavy atom. The molecule has 0 fully saturated rings. The standard InChI is InChI=1S/C12H7ClFNO3/c13-7-3-1-5-9(11(7)14)18-10-6-2-4-8(15-10)12(16)17/h1-6H,(H,16,17). The van der Waals surface area contributed by atoms with Crippen LogP contribution in [0.1, 0.15) is 10.5 Å². The summed E-state index contributed by atoms with van der Waals surface area (Å²) < 4.78 is 18.7. The number of hydrogen-bond donors (Lipinski definition) is 1. The van der Waals surface area contributed by atoms with Gasteiger partial charge in [-0.15, -0.1) is 0 Å². The van der Waals surface area contributed by atoms with Crippen molar-refractivity contribution in [1.82, 2.24) is 4.98 Å². The van der Waals surface area contributed by atoms with Gasteiger partial charge in [0.1, 0.15) is 0 Å². The molecule has 2 rings (SSSR count). The van der Waals surface area contributed by atoms with Crippen molar-refractivity contribution in [2.75, 3.05) is 0 Å². The molecule has 0 aliphatic rings. The second-order valence-corrected chi connectivity index (χ2v) is 3.73. The van der Waals surface area contributed by atoms with E-state index in [1.807, 2.05) is 0 Å². The summed E-state index contributed by atoms with van der Waals surface area (Å²) in [6, 6.07) is 8.45. The lowest BCUT2D eigenvalue weighted by molar-refractivity contribution is 0.0689. The first-order valence-electron chi connectivity index (χ1n) is 4.90. The normalized spacial score (nSPS) is 10.1. The number of benzene rings is 1. The summed E-state index contributed by atoms with van der Waals surface area (Å²) in [5.74, 6) is -2.04. The van der Waals surface area contributed by atoms with E-state index in [4.69, 9.17) is 21.4 Å². The molecule has 92 valence electrons. The Bertz CT molecular complexity index is 604. The second kappa shape index (κ2) is 5.01. The van der Waals surface area contributed by atoms with Gasteiger partial charge in [-0.05, 0) is 18.2 Å². The zero-order valence-corrected chi connectivity index (χ0v) is 9.69. The molecule has 0 atom stereocenters. The van der Waals surface area contributed by atoms with Gasteiger partial charge in [0.05, 0.1) is 5.02 Å². The van der Waals surface area contributed by atoms with Crippen molar-refractivity contribution in [1.29, 1.82) is 0 Å². The van der Waals surface area contributed by atoms with E-state index < -0.39 is 11.8 Å². The molecule has 0 bridgehead atoms. The lowest BCUT2D eigenvalue weighted by Gasteiger charge is -2.06. The second-order valence-electron chi connectivity index (χ2n) is 3.32. The predicted octanol–water partition coefficient (Wildman–Crippen LogP) is 3.36. The molecule has 1 aromatic heterocycles. The average molecular weight is 268 g/mol. The quantitative estimate of drug-likeness (QED) is 0.926. The number of aromatic carboxylic acids is 1. The molecule has 1 heterocycles. The van der Waals surface area contributed by atoms with Gasteiger partial charge < -0.3 is 9.84 Å². The number of carboxylic acid groups (broad SMARTS) is 1. The van der Waals surface area contributed by atoms with Crippen molar-refractivity contribution in [2.24, 2.45) is 0 Å². The van der Waals surface area contributed by atoms with Crippen LogP contribution in [0.2, 0.25) is 5.02 Å². The van der Waals surface area contributed by atoms with Gasteiger partial charge in [-0.2, -0.15) is 0 Å². The summed E-state index contributed by atoms with van der Waals surface area (Å²) >= 11 is 5.59. The molecule has 18 heavy (non-hydrogen) atoms. The van der Waals surface area contributed by atoms with Crippen molar-refractivity contribution in [3.05, 3.63) is 52.9 Å². The molecular weight excluding hydrogens is 261 g/mol. The molecule has 6 heteroatoms. The first-order chi connectivity index (χ1) is 8.58. The Balaban J connectivity index is 2.31. The SMILES string of the molecule is O=C(O)c1cccc(Oc2cccc(Cl)c2F)n1. The van der Waals surface area contributed by atoms with E-state index in [1.54, 1.807) is 0 Å². The third-order valence-corrected chi connectivity index (χ3v) is 2.37. The smallest absolute Gasteiger partial charge is 0.354 e. The van der Waals surface area contributed by atoms with E-state index in [2.05, 4.69) is 4.98 Å². The number of halogens is 2. The van der Waals surface area contributed by atoms with Crippen LogP contribution < -0.4 is 4.74 Å². The van der Waals surface area contributed by atoms with Crippen LogP contribution in [0, 0.1) is 5.82 Å². The van der Waals surface area contributed by atoms with Crippen molar-refractivity contribution in [3.63, 3.8) is 0 Å². The first-order valence-corrected chi connectivity index (χ1v) is 5.28. The lowest BCUT2D eigenvalue weighted by Crippen LogP contribution is -2.01. The molecule has 0 radical (unpaired) electrons. The average Bonchev–Trinajstić information content (AvgIpc) is 2.35. The summed E-state index contributed by atoms with van der Waals surface area (Å²) in [7, 11) is 0. The number of ether oxygens (including phenoxy) is 1. The van der Waals surface area contributed by atoms with Crippen molar-refractivity contribution < 1.29 is 19.0 Å². The topological polar surface area (TPSA) is 59.4 Å². The van der Waals surface area contributed by atoms with Crippen LogP contribution in [-0.4, -0.2) is 16.1 Å². The predicted molar refractivity (Wildman–Crippen MR) is 62.7 cm³/mol. The Labute approximate surface area is 107 Å². The van der Waals surface area contributed by atoms with Gasteiger partial charge in [0.2, 0.25) is 5.88 Å². The fraction of sp³-hybridized carbons (Fsp3) is 0. The van der Waals surface area contributed by atoms with Crippen LogP contribution in [-0.2, 0) is 0 Å². The minimum atomic E-state index is -1.19. The number of hydrogen-bond acceptors (Lipinski definition) is 3. The molecule has 0 amide bonds. The van der Waals surface area contributed by atoms with E-state index in [1.165, 1.54) is 36.4 Å². The number of pyridine rings is 1. The van der Waals surface area contributed by atoms with Crippen molar-refractivity contribution in [2.45, 2.75) is 0 Å². The zero-order chi connectivity index (χ0) is 13.1. The molecule has 0 saturated carbocycles. The van der Waals surface area contributed by atoms with Gasteiger partial charge in [0.15, 0.2) is 17.3 Å². The molecule has 1 N–H and O–H groups in total. The van der Waals surface area contributed by atoms with Crippen molar-refractivity contribution in [3.8, 4) is 11.6 Å². The van der Waals surface area contributed by atoms with Crippen LogP contribution >= 0.6 is 11.6 Å². The van der Waals surface area contributed by atoms with Gasteiger partial charge in [-0.1, -0.05) is 23.7 Å². The first kappa shape index (κ1) is 12.3. The Hall–Kier alpha value is -2.14. The monoisotopic (exact) mass is 267 g/mol. The highest BCUT2D eigenvalue weighted by Gasteiger charge is 2.10. The lowest BCUT2D eigenvalue weighted by atomic mass is 10.3. The fourth-order valence-electron chi connectivity index (χ4n) is 1.27. The zero-order valence-electron chi connectivity index (χ0n) is 8.93. The maximum Gasteiger partial charge on any atom is 0.354 e. The maximum absolute atomic E-state index is 13.5. The Kier molecular flexibility index (Phi) is 3.43. The molecule has 0 saturated heterocycles. The number of carboxylic acids is 1. The number of aromatic nitrogens is 1. The van der Waals surface area contributed by atoms with Gasteiger partial charge in [0, 0.05) is 6.07 Å². The van der Waals surface area contributed by atoms with Crippen molar-refractivity contribution >= 4 is 17.6 Å². The van der Waals surface area contributed by atoms with E-state index >= 15 is 0 Å². The summed E-state index contributed by atoms with van der Waals surface area (Å²) in [5, 5.41) is 8.68. The fourth-order valence-corrected chi connectivity index (χ4v) is 1.43. The number of rotatable bonds is 3. The molecule has 2 aromatic rings.